The maximum absolute atomic E-state index is 13.0. The van der Waals surface area contributed by atoms with Crippen LogP contribution in [0.25, 0.3) is 0 Å². The van der Waals surface area contributed by atoms with Crippen molar-refractivity contribution in [3.63, 3.8) is 0 Å². The van der Waals surface area contributed by atoms with Crippen LogP contribution in [-0.4, -0.2) is 12.5 Å². The first-order valence-corrected chi connectivity index (χ1v) is 4.31. The number of alkyl halides is 1. The van der Waals surface area contributed by atoms with Gasteiger partial charge in [0.05, 0.1) is 5.92 Å². The summed E-state index contributed by atoms with van der Waals surface area (Å²) in [5.74, 6) is -0.625. The van der Waals surface area contributed by atoms with E-state index >= 15 is 0 Å². The number of rotatable bonds is 3. The Hall–Kier alpha value is -1.18. The number of benzene rings is 1. The average Bonchev–Trinajstić information content (AvgIpc) is 2.04. The molecule has 0 saturated heterocycles. The molecular weight excluding hydrogens is 167 g/mol. The van der Waals surface area contributed by atoms with Crippen molar-refractivity contribution in [2.75, 3.05) is 0 Å². The van der Waals surface area contributed by atoms with Crippen molar-refractivity contribution in [1.82, 2.24) is 0 Å². The second-order valence-electron chi connectivity index (χ2n) is 3.25. The number of halogens is 1. The molecule has 0 aliphatic heterocycles. The molecule has 1 nitrogen and oxygen atoms in total. The van der Waals surface area contributed by atoms with E-state index in [4.69, 9.17) is 0 Å². The molecule has 13 heavy (non-hydrogen) atoms. The van der Waals surface area contributed by atoms with Gasteiger partial charge in [-0.2, -0.15) is 0 Å². The van der Waals surface area contributed by atoms with E-state index in [0.717, 1.165) is 11.1 Å². The number of carbonyl (C=O) groups is 1. The lowest BCUT2D eigenvalue weighted by atomic mass is 9.95. The standard InChI is InChI=1S/C11H13FO/c1-8-4-3-5-10(6-8)11(7-13)9(2)12/h3-7,9,11H,1-2H3. The SMILES string of the molecule is Cc1cccc(C(C=O)C(C)F)c1. The fourth-order valence-corrected chi connectivity index (χ4v) is 1.33. The van der Waals surface area contributed by atoms with Crippen LogP contribution in [0.15, 0.2) is 24.3 Å². The molecule has 0 saturated carbocycles. The van der Waals surface area contributed by atoms with Crippen LogP contribution in [0, 0.1) is 6.92 Å². The monoisotopic (exact) mass is 180 g/mol. The van der Waals surface area contributed by atoms with Gasteiger partial charge in [-0.25, -0.2) is 4.39 Å². The van der Waals surface area contributed by atoms with Gasteiger partial charge in [-0.05, 0) is 19.4 Å². The molecule has 70 valence electrons. The summed E-state index contributed by atoms with van der Waals surface area (Å²) in [6.07, 6.45) is -0.460. The lowest BCUT2D eigenvalue weighted by Gasteiger charge is -2.11. The number of hydrogen-bond acceptors (Lipinski definition) is 1. The van der Waals surface area contributed by atoms with Crippen LogP contribution in [0.2, 0.25) is 0 Å². The molecule has 2 heteroatoms. The Morgan fingerprint density at radius 2 is 2.15 bits per heavy atom. The minimum atomic E-state index is -1.13. The predicted molar refractivity (Wildman–Crippen MR) is 50.6 cm³/mol. The molecule has 0 fully saturated rings. The smallest absolute Gasteiger partial charge is 0.130 e. The summed E-state index contributed by atoms with van der Waals surface area (Å²) in [5, 5.41) is 0. The van der Waals surface area contributed by atoms with Gasteiger partial charge in [0, 0.05) is 0 Å². The molecule has 1 aromatic rings. The third-order valence-corrected chi connectivity index (χ3v) is 2.07. The Morgan fingerprint density at radius 3 is 2.62 bits per heavy atom. The molecule has 0 radical (unpaired) electrons. The molecule has 0 bridgehead atoms. The average molecular weight is 180 g/mol. The Morgan fingerprint density at radius 1 is 1.46 bits per heavy atom. The lowest BCUT2D eigenvalue weighted by molar-refractivity contribution is -0.110. The molecule has 0 heterocycles. The second-order valence-corrected chi connectivity index (χ2v) is 3.25. The quantitative estimate of drug-likeness (QED) is 0.653. The fourth-order valence-electron chi connectivity index (χ4n) is 1.33. The van der Waals surface area contributed by atoms with Gasteiger partial charge in [0.25, 0.3) is 0 Å². The van der Waals surface area contributed by atoms with Crippen LogP contribution < -0.4 is 0 Å². The second kappa shape index (κ2) is 4.17. The molecule has 0 spiro atoms. The number of aldehydes is 1. The van der Waals surface area contributed by atoms with Crippen LogP contribution in [0.5, 0.6) is 0 Å². The van der Waals surface area contributed by atoms with Gasteiger partial charge in [-0.1, -0.05) is 29.8 Å². The topological polar surface area (TPSA) is 17.1 Å². The number of aryl methyl sites for hydroxylation is 1. The first-order valence-electron chi connectivity index (χ1n) is 4.31. The van der Waals surface area contributed by atoms with Gasteiger partial charge >= 0.3 is 0 Å². The van der Waals surface area contributed by atoms with Crippen LogP contribution in [0.1, 0.15) is 24.0 Å². The zero-order valence-corrected chi connectivity index (χ0v) is 7.83. The highest BCUT2D eigenvalue weighted by atomic mass is 19.1. The maximum atomic E-state index is 13.0. The Bertz CT molecular complexity index is 294. The van der Waals surface area contributed by atoms with Gasteiger partial charge in [-0.3, -0.25) is 0 Å². The molecule has 2 atom stereocenters. The zero-order chi connectivity index (χ0) is 9.84. The van der Waals surface area contributed by atoms with E-state index in [1.165, 1.54) is 6.92 Å². The molecule has 0 N–H and O–H groups in total. The highest BCUT2D eigenvalue weighted by molar-refractivity contribution is 5.63. The van der Waals surface area contributed by atoms with E-state index in [9.17, 15) is 9.18 Å². The molecular formula is C11H13FO. The van der Waals surface area contributed by atoms with E-state index in [2.05, 4.69) is 0 Å². The van der Waals surface area contributed by atoms with Crippen LogP contribution in [0.3, 0.4) is 0 Å². The molecule has 0 amide bonds. The summed E-state index contributed by atoms with van der Waals surface area (Å²) in [7, 11) is 0. The molecule has 0 aliphatic rings. The highest BCUT2D eigenvalue weighted by Gasteiger charge is 2.17. The van der Waals surface area contributed by atoms with Crippen molar-refractivity contribution >= 4 is 6.29 Å². The van der Waals surface area contributed by atoms with E-state index in [1.807, 2.05) is 25.1 Å². The first kappa shape index (κ1) is 9.90. The minimum Gasteiger partial charge on any atom is -0.303 e. The van der Waals surface area contributed by atoms with Crippen molar-refractivity contribution in [1.29, 1.82) is 0 Å². The third-order valence-electron chi connectivity index (χ3n) is 2.07. The summed E-state index contributed by atoms with van der Waals surface area (Å²) in [6, 6.07) is 7.38. The fraction of sp³-hybridized carbons (Fsp3) is 0.364. The van der Waals surface area contributed by atoms with Crippen molar-refractivity contribution in [2.45, 2.75) is 25.9 Å². The van der Waals surface area contributed by atoms with Crippen LogP contribution in [-0.2, 0) is 4.79 Å². The molecule has 1 aromatic carbocycles. The molecule has 1 rings (SSSR count). The lowest BCUT2D eigenvalue weighted by Crippen LogP contribution is -2.11. The van der Waals surface area contributed by atoms with E-state index in [-0.39, 0.29) is 0 Å². The van der Waals surface area contributed by atoms with E-state index in [1.54, 1.807) is 6.07 Å². The normalized spacial score (nSPS) is 15.0. The number of carbonyl (C=O) groups excluding carboxylic acids is 1. The first-order chi connectivity index (χ1) is 6.15. The predicted octanol–water partition coefficient (Wildman–Crippen LogP) is 2.64. The van der Waals surface area contributed by atoms with E-state index in [0.29, 0.717) is 6.29 Å². The van der Waals surface area contributed by atoms with Gasteiger partial charge in [0.15, 0.2) is 0 Å². The van der Waals surface area contributed by atoms with Gasteiger partial charge in [0.2, 0.25) is 0 Å². The third kappa shape index (κ3) is 2.38. The summed E-state index contributed by atoms with van der Waals surface area (Å²) in [4.78, 5) is 10.6. The van der Waals surface area contributed by atoms with Crippen molar-refractivity contribution in [3.8, 4) is 0 Å². The Kier molecular flexibility index (Phi) is 3.18. The summed E-state index contributed by atoms with van der Waals surface area (Å²) in [6.45, 7) is 3.33. The van der Waals surface area contributed by atoms with E-state index < -0.39 is 12.1 Å². The summed E-state index contributed by atoms with van der Waals surface area (Å²) in [5.41, 5.74) is 1.80. The maximum Gasteiger partial charge on any atom is 0.130 e. The molecule has 2 unspecified atom stereocenters. The largest absolute Gasteiger partial charge is 0.303 e. The van der Waals surface area contributed by atoms with Crippen molar-refractivity contribution in [2.24, 2.45) is 0 Å². The minimum absolute atomic E-state index is 0.625. The molecule has 0 aliphatic carbocycles. The van der Waals surface area contributed by atoms with Crippen LogP contribution >= 0.6 is 0 Å². The Balaban J connectivity index is 2.98. The molecule has 0 aromatic heterocycles. The van der Waals surface area contributed by atoms with Crippen molar-refractivity contribution in [3.05, 3.63) is 35.4 Å². The highest BCUT2D eigenvalue weighted by Crippen LogP contribution is 2.20. The zero-order valence-electron chi connectivity index (χ0n) is 7.83. The Labute approximate surface area is 77.6 Å². The van der Waals surface area contributed by atoms with Gasteiger partial charge in [0.1, 0.15) is 12.5 Å². The van der Waals surface area contributed by atoms with Gasteiger partial charge in [-0.15, -0.1) is 0 Å². The van der Waals surface area contributed by atoms with Crippen molar-refractivity contribution < 1.29 is 9.18 Å². The summed E-state index contributed by atoms with van der Waals surface area (Å²) >= 11 is 0. The summed E-state index contributed by atoms with van der Waals surface area (Å²) < 4.78 is 13.0. The van der Waals surface area contributed by atoms with Gasteiger partial charge < -0.3 is 4.79 Å². The number of hydrogen-bond donors (Lipinski definition) is 0. The van der Waals surface area contributed by atoms with Crippen LogP contribution in [0.4, 0.5) is 4.39 Å².